The van der Waals surface area contributed by atoms with Gasteiger partial charge in [0.1, 0.15) is 9.84 Å². The van der Waals surface area contributed by atoms with Crippen LogP contribution in [0, 0.1) is 0 Å². The van der Waals surface area contributed by atoms with Gasteiger partial charge in [0, 0.05) is 32.4 Å². The molecule has 8 nitrogen and oxygen atoms in total. The molecule has 1 heterocycles. The predicted octanol–water partition coefficient (Wildman–Crippen LogP) is -0.951. The molecule has 1 saturated heterocycles. The SMILES string of the molecule is CCOC(=O)N1CCN(C(=O)C(N)CCS(C)(=O)=O)CC1. The Bertz CT molecular complexity index is 471. The molecule has 9 heteroatoms. The second kappa shape index (κ2) is 7.60. The molecule has 0 saturated carbocycles. The molecule has 1 fully saturated rings. The van der Waals surface area contributed by atoms with Gasteiger partial charge in [0.25, 0.3) is 0 Å². The number of piperazine rings is 1. The standard InChI is InChI=1S/C12H23N3O5S/c1-3-20-12(17)15-7-5-14(6-8-15)11(16)10(13)4-9-21(2,18)19/h10H,3-9,13H2,1-2H3. The van der Waals surface area contributed by atoms with Crippen LogP contribution in [0.2, 0.25) is 0 Å². The van der Waals surface area contributed by atoms with Crippen LogP contribution in [-0.2, 0) is 19.4 Å². The van der Waals surface area contributed by atoms with Gasteiger partial charge in [0.2, 0.25) is 5.91 Å². The summed E-state index contributed by atoms with van der Waals surface area (Å²) in [6.07, 6.45) is 0.837. The Hall–Kier alpha value is -1.35. The summed E-state index contributed by atoms with van der Waals surface area (Å²) in [5.41, 5.74) is 5.74. The summed E-state index contributed by atoms with van der Waals surface area (Å²) in [6, 6.07) is -0.825. The van der Waals surface area contributed by atoms with Crippen LogP contribution in [0.1, 0.15) is 13.3 Å². The first kappa shape index (κ1) is 17.7. The zero-order valence-corrected chi connectivity index (χ0v) is 13.3. The van der Waals surface area contributed by atoms with Crippen molar-refractivity contribution >= 4 is 21.8 Å². The monoisotopic (exact) mass is 321 g/mol. The lowest BCUT2D eigenvalue weighted by Crippen LogP contribution is -2.54. The third kappa shape index (κ3) is 5.88. The molecule has 1 aliphatic rings. The molecule has 1 rings (SSSR count). The lowest BCUT2D eigenvalue weighted by Gasteiger charge is -2.35. The number of nitrogens with two attached hydrogens (primary N) is 1. The third-order valence-electron chi connectivity index (χ3n) is 3.23. The lowest BCUT2D eigenvalue weighted by atomic mass is 10.2. The van der Waals surface area contributed by atoms with Gasteiger partial charge in [0.05, 0.1) is 18.4 Å². The highest BCUT2D eigenvalue weighted by molar-refractivity contribution is 7.90. The fourth-order valence-electron chi connectivity index (χ4n) is 2.02. The maximum atomic E-state index is 12.1. The van der Waals surface area contributed by atoms with E-state index in [1.54, 1.807) is 11.8 Å². The summed E-state index contributed by atoms with van der Waals surface area (Å²) < 4.78 is 27.0. The molecular weight excluding hydrogens is 298 g/mol. The van der Waals surface area contributed by atoms with Crippen LogP contribution in [0.15, 0.2) is 0 Å². The topological polar surface area (TPSA) is 110 Å². The van der Waals surface area contributed by atoms with E-state index in [9.17, 15) is 18.0 Å². The average molecular weight is 321 g/mol. The summed E-state index contributed by atoms with van der Waals surface area (Å²) in [5.74, 6) is -0.384. The third-order valence-corrected chi connectivity index (χ3v) is 4.21. The number of ether oxygens (including phenoxy) is 1. The molecular formula is C12H23N3O5S. The van der Waals surface area contributed by atoms with E-state index < -0.39 is 15.9 Å². The number of carbonyl (C=O) groups is 2. The van der Waals surface area contributed by atoms with Crippen LogP contribution in [0.4, 0.5) is 4.79 Å². The number of sulfone groups is 1. The van der Waals surface area contributed by atoms with E-state index in [0.717, 1.165) is 6.26 Å². The minimum atomic E-state index is -3.13. The Morgan fingerprint density at radius 1 is 1.19 bits per heavy atom. The van der Waals surface area contributed by atoms with Crippen molar-refractivity contribution in [3.8, 4) is 0 Å². The van der Waals surface area contributed by atoms with E-state index in [2.05, 4.69) is 0 Å². The summed E-state index contributed by atoms with van der Waals surface area (Å²) in [5, 5.41) is 0. The lowest BCUT2D eigenvalue weighted by molar-refractivity contribution is -0.134. The molecule has 1 unspecified atom stereocenters. The molecule has 1 aliphatic heterocycles. The Balaban J connectivity index is 2.42. The first-order chi connectivity index (χ1) is 9.74. The molecule has 0 bridgehead atoms. The van der Waals surface area contributed by atoms with Crippen molar-refractivity contribution < 1.29 is 22.7 Å². The Morgan fingerprint density at radius 2 is 1.71 bits per heavy atom. The van der Waals surface area contributed by atoms with Crippen molar-refractivity contribution in [1.82, 2.24) is 9.80 Å². The fraction of sp³-hybridized carbons (Fsp3) is 0.833. The molecule has 0 aromatic heterocycles. The van der Waals surface area contributed by atoms with Gasteiger partial charge in [-0.2, -0.15) is 0 Å². The summed E-state index contributed by atoms with van der Waals surface area (Å²) in [4.78, 5) is 26.7. The number of nitrogens with zero attached hydrogens (tertiary/aromatic N) is 2. The molecule has 1 atom stereocenters. The highest BCUT2D eigenvalue weighted by Crippen LogP contribution is 2.07. The van der Waals surface area contributed by atoms with Crippen molar-refractivity contribution in [3.63, 3.8) is 0 Å². The van der Waals surface area contributed by atoms with E-state index in [0.29, 0.717) is 32.8 Å². The van der Waals surface area contributed by atoms with Crippen LogP contribution in [0.5, 0.6) is 0 Å². The van der Waals surface area contributed by atoms with E-state index in [1.807, 2.05) is 0 Å². The average Bonchev–Trinajstić information content (AvgIpc) is 2.43. The van der Waals surface area contributed by atoms with Gasteiger partial charge in [0.15, 0.2) is 0 Å². The van der Waals surface area contributed by atoms with Crippen LogP contribution in [0.25, 0.3) is 0 Å². The maximum absolute atomic E-state index is 12.1. The first-order valence-electron chi connectivity index (χ1n) is 6.88. The van der Waals surface area contributed by atoms with Crippen LogP contribution in [-0.4, -0.2) is 81.1 Å². The molecule has 122 valence electrons. The Morgan fingerprint density at radius 3 is 2.19 bits per heavy atom. The normalized spacial score (nSPS) is 17.5. The Kier molecular flexibility index (Phi) is 6.41. The van der Waals surface area contributed by atoms with Crippen LogP contribution >= 0.6 is 0 Å². The number of amides is 2. The van der Waals surface area contributed by atoms with Crippen LogP contribution < -0.4 is 5.73 Å². The van der Waals surface area contributed by atoms with E-state index >= 15 is 0 Å². The minimum absolute atomic E-state index is 0.107. The van der Waals surface area contributed by atoms with Crippen molar-refractivity contribution in [1.29, 1.82) is 0 Å². The minimum Gasteiger partial charge on any atom is -0.450 e. The van der Waals surface area contributed by atoms with Crippen molar-refractivity contribution in [2.45, 2.75) is 19.4 Å². The van der Waals surface area contributed by atoms with Gasteiger partial charge < -0.3 is 20.3 Å². The van der Waals surface area contributed by atoms with Gasteiger partial charge in [-0.3, -0.25) is 4.79 Å². The van der Waals surface area contributed by atoms with E-state index in [4.69, 9.17) is 10.5 Å². The van der Waals surface area contributed by atoms with Gasteiger partial charge in [-0.1, -0.05) is 0 Å². The van der Waals surface area contributed by atoms with Gasteiger partial charge in [-0.05, 0) is 13.3 Å². The van der Waals surface area contributed by atoms with Crippen molar-refractivity contribution in [3.05, 3.63) is 0 Å². The smallest absolute Gasteiger partial charge is 0.409 e. The quantitative estimate of drug-likeness (QED) is 0.699. The molecule has 2 N–H and O–H groups in total. The summed E-state index contributed by atoms with van der Waals surface area (Å²) in [7, 11) is -3.13. The summed E-state index contributed by atoms with van der Waals surface area (Å²) in [6.45, 7) is 3.59. The highest BCUT2D eigenvalue weighted by atomic mass is 32.2. The first-order valence-corrected chi connectivity index (χ1v) is 8.94. The van der Waals surface area contributed by atoms with Crippen molar-refractivity contribution in [2.75, 3.05) is 44.8 Å². The van der Waals surface area contributed by atoms with E-state index in [1.165, 1.54) is 4.90 Å². The van der Waals surface area contributed by atoms with Gasteiger partial charge >= 0.3 is 6.09 Å². The van der Waals surface area contributed by atoms with Gasteiger partial charge in [-0.25, -0.2) is 13.2 Å². The molecule has 0 radical (unpaired) electrons. The molecule has 21 heavy (non-hydrogen) atoms. The predicted molar refractivity (Wildman–Crippen MR) is 77.5 cm³/mol. The molecule has 0 aromatic rings. The molecule has 0 spiro atoms. The number of hydrogen-bond acceptors (Lipinski definition) is 6. The summed E-state index contributed by atoms with van der Waals surface area (Å²) >= 11 is 0. The van der Waals surface area contributed by atoms with E-state index in [-0.39, 0.29) is 24.2 Å². The Labute approximate surface area is 125 Å². The zero-order chi connectivity index (χ0) is 16.0. The highest BCUT2D eigenvalue weighted by Gasteiger charge is 2.27. The van der Waals surface area contributed by atoms with Gasteiger partial charge in [-0.15, -0.1) is 0 Å². The largest absolute Gasteiger partial charge is 0.450 e. The molecule has 0 aliphatic carbocycles. The molecule has 2 amide bonds. The maximum Gasteiger partial charge on any atom is 0.409 e. The number of rotatable bonds is 5. The van der Waals surface area contributed by atoms with Crippen LogP contribution in [0.3, 0.4) is 0 Å². The number of hydrogen-bond donors (Lipinski definition) is 1. The van der Waals surface area contributed by atoms with Crippen molar-refractivity contribution in [2.24, 2.45) is 5.73 Å². The zero-order valence-electron chi connectivity index (χ0n) is 12.4. The second-order valence-electron chi connectivity index (χ2n) is 5.04. The second-order valence-corrected chi connectivity index (χ2v) is 7.30. The molecule has 0 aromatic carbocycles. The fourth-order valence-corrected chi connectivity index (χ4v) is 2.71. The number of carbonyl (C=O) groups excluding carboxylic acids is 2.